The van der Waals surface area contributed by atoms with Crippen molar-refractivity contribution in [2.45, 2.75) is 52.6 Å². The zero-order valence-corrected chi connectivity index (χ0v) is 18.8. The molecule has 3 aromatic rings. The number of pyridine rings is 1. The first-order valence-electron chi connectivity index (χ1n) is 10.7. The van der Waals surface area contributed by atoms with E-state index < -0.39 is 0 Å². The number of aryl methyl sites for hydroxylation is 2. The van der Waals surface area contributed by atoms with Crippen LogP contribution >= 0.6 is 0 Å². The topological polar surface area (TPSA) is 86.7 Å². The molecule has 1 amide bonds. The maximum Gasteiger partial charge on any atom is 0.330 e. The Bertz CT molecular complexity index is 1220. The number of carbonyl (C=O) groups is 1. The van der Waals surface area contributed by atoms with Gasteiger partial charge in [0.15, 0.2) is 5.65 Å². The summed E-state index contributed by atoms with van der Waals surface area (Å²) in [5, 5.41) is 7.14. The van der Waals surface area contributed by atoms with Gasteiger partial charge in [-0.3, -0.25) is 18.6 Å². The Labute approximate surface area is 181 Å². The van der Waals surface area contributed by atoms with Gasteiger partial charge in [-0.25, -0.2) is 9.78 Å². The molecule has 1 atom stereocenters. The molecule has 0 saturated carbocycles. The highest BCUT2D eigenvalue weighted by atomic mass is 16.2. The van der Waals surface area contributed by atoms with E-state index >= 15 is 0 Å². The fourth-order valence-corrected chi connectivity index (χ4v) is 4.13. The highest BCUT2D eigenvalue weighted by molar-refractivity contribution is 5.92. The van der Waals surface area contributed by atoms with Crippen molar-refractivity contribution in [3.8, 4) is 0 Å². The third-order valence-electron chi connectivity index (χ3n) is 5.74. The van der Waals surface area contributed by atoms with Crippen molar-refractivity contribution in [1.29, 1.82) is 0 Å². The van der Waals surface area contributed by atoms with Crippen LogP contribution in [0.4, 0.5) is 0 Å². The van der Waals surface area contributed by atoms with Crippen LogP contribution in [0.25, 0.3) is 16.7 Å². The number of rotatable bonds is 4. The first-order chi connectivity index (χ1) is 14.6. The van der Waals surface area contributed by atoms with Gasteiger partial charge in [0, 0.05) is 32.9 Å². The molecule has 8 nitrogen and oxygen atoms in total. The van der Waals surface area contributed by atoms with Crippen LogP contribution in [0.1, 0.15) is 56.2 Å². The van der Waals surface area contributed by atoms with Crippen molar-refractivity contribution in [2.24, 2.45) is 19.5 Å². The Hall–Kier alpha value is -3.16. The standard InChI is InChI=1S/C23H30N6O2/c1-23(2,3)14-29-18-11-10-17(26-20(18)27(4)22(29)31)15-6-8-16(9-7-15)25-21(30)19-12-13-24-28(19)5/h6,10-13,16H,7-9,14H2,1-5H3,(H,25,30). The predicted molar refractivity (Wildman–Crippen MR) is 121 cm³/mol. The monoisotopic (exact) mass is 422 g/mol. The average molecular weight is 423 g/mol. The van der Waals surface area contributed by atoms with E-state index in [1.165, 1.54) is 0 Å². The minimum absolute atomic E-state index is 0.00238. The first kappa shape index (κ1) is 21.1. The summed E-state index contributed by atoms with van der Waals surface area (Å²) in [6.45, 7) is 7.01. The van der Waals surface area contributed by atoms with Crippen LogP contribution < -0.4 is 11.0 Å². The molecule has 8 heteroatoms. The number of carbonyl (C=O) groups excluding carboxylic acids is 1. The van der Waals surface area contributed by atoms with E-state index in [1.807, 2.05) is 16.7 Å². The lowest BCUT2D eigenvalue weighted by Crippen LogP contribution is -2.36. The average Bonchev–Trinajstić information content (AvgIpc) is 3.25. The number of hydrogen-bond acceptors (Lipinski definition) is 4. The summed E-state index contributed by atoms with van der Waals surface area (Å²) in [5.41, 5.74) is 4.14. The Kier molecular flexibility index (Phi) is 5.33. The summed E-state index contributed by atoms with van der Waals surface area (Å²) >= 11 is 0. The summed E-state index contributed by atoms with van der Waals surface area (Å²) in [6.07, 6.45) is 6.20. The molecular weight excluding hydrogens is 392 g/mol. The minimum atomic E-state index is -0.100. The fraction of sp³-hybridized carbons (Fsp3) is 0.478. The molecule has 3 aromatic heterocycles. The second kappa shape index (κ2) is 7.83. The third-order valence-corrected chi connectivity index (χ3v) is 5.74. The predicted octanol–water partition coefficient (Wildman–Crippen LogP) is 2.88. The minimum Gasteiger partial charge on any atom is -0.348 e. The van der Waals surface area contributed by atoms with Crippen LogP contribution in [0.2, 0.25) is 0 Å². The third kappa shape index (κ3) is 4.19. The number of fused-ring (bicyclic) bond motifs is 1. The van der Waals surface area contributed by atoms with E-state index in [0.29, 0.717) is 17.9 Å². The van der Waals surface area contributed by atoms with E-state index in [0.717, 1.165) is 36.0 Å². The number of nitrogens with zero attached hydrogens (tertiary/aromatic N) is 5. The Morgan fingerprint density at radius 2 is 2.00 bits per heavy atom. The first-order valence-corrected chi connectivity index (χ1v) is 10.7. The van der Waals surface area contributed by atoms with Crippen LogP contribution in [0, 0.1) is 5.41 Å². The van der Waals surface area contributed by atoms with E-state index in [1.54, 1.807) is 35.6 Å². The molecule has 3 heterocycles. The van der Waals surface area contributed by atoms with Gasteiger partial charge in [-0.15, -0.1) is 0 Å². The van der Waals surface area contributed by atoms with Gasteiger partial charge in [-0.05, 0) is 48.4 Å². The number of nitrogens with one attached hydrogen (secondary N) is 1. The molecule has 0 aromatic carbocycles. The van der Waals surface area contributed by atoms with Crippen LogP contribution in [0.3, 0.4) is 0 Å². The Morgan fingerprint density at radius 1 is 1.23 bits per heavy atom. The Balaban J connectivity index is 1.53. The molecule has 0 fully saturated rings. The van der Waals surface area contributed by atoms with Gasteiger partial charge >= 0.3 is 5.69 Å². The molecule has 0 saturated heterocycles. The number of amides is 1. The van der Waals surface area contributed by atoms with E-state index in [-0.39, 0.29) is 23.1 Å². The molecule has 1 aliphatic rings. The molecule has 1 N–H and O–H groups in total. The number of aromatic nitrogens is 5. The molecular formula is C23H30N6O2. The van der Waals surface area contributed by atoms with Crippen LogP contribution in [-0.2, 0) is 20.6 Å². The zero-order chi connectivity index (χ0) is 22.3. The summed E-state index contributed by atoms with van der Waals surface area (Å²) in [6, 6.07) is 5.81. The van der Waals surface area contributed by atoms with Gasteiger partial charge in [0.1, 0.15) is 5.69 Å². The maximum absolute atomic E-state index is 12.7. The van der Waals surface area contributed by atoms with E-state index in [4.69, 9.17) is 4.98 Å². The van der Waals surface area contributed by atoms with Crippen molar-refractivity contribution in [1.82, 2.24) is 29.2 Å². The van der Waals surface area contributed by atoms with Crippen molar-refractivity contribution < 1.29 is 4.79 Å². The molecule has 0 aliphatic heterocycles. The quantitative estimate of drug-likeness (QED) is 0.700. The van der Waals surface area contributed by atoms with E-state index in [9.17, 15) is 9.59 Å². The van der Waals surface area contributed by atoms with Gasteiger partial charge in [0.25, 0.3) is 5.91 Å². The summed E-state index contributed by atoms with van der Waals surface area (Å²) < 4.78 is 5.02. The van der Waals surface area contributed by atoms with Crippen LogP contribution in [0.5, 0.6) is 0 Å². The molecule has 0 bridgehead atoms. The summed E-state index contributed by atoms with van der Waals surface area (Å²) in [7, 11) is 3.54. The fourth-order valence-electron chi connectivity index (χ4n) is 4.13. The highest BCUT2D eigenvalue weighted by Crippen LogP contribution is 2.28. The zero-order valence-electron chi connectivity index (χ0n) is 18.8. The van der Waals surface area contributed by atoms with Crippen molar-refractivity contribution in [2.75, 3.05) is 0 Å². The van der Waals surface area contributed by atoms with Gasteiger partial charge < -0.3 is 5.32 Å². The molecule has 1 unspecified atom stereocenters. The van der Waals surface area contributed by atoms with Gasteiger partial charge in [0.05, 0.1) is 11.2 Å². The summed E-state index contributed by atoms with van der Waals surface area (Å²) in [4.78, 5) is 30.0. The van der Waals surface area contributed by atoms with Crippen molar-refractivity contribution in [3.63, 3.8) is 0 Å². The molecule has 31 heavy (non-hydrogen) atoms. The lowest BCUT2D eigenvalue weighted by atomic mass is 9.93. The Morgan fingerprint density at radius 3 is 2.61 bits per heavy atom. The second-order valence-electron chi connectivity index (χ2n) is 9.54. The molecule has 4 rings (SSSR count). The van der Waals surface area contributed by atoms with Gasteiger partial charge in [0.2, 0.25) is 0 Å². The lowest BCUT2D eigenvalue weighted by Gasteiger charge is -2.23. The van der Waals surface area contributed by atoms with Crippen LogP contribution in [0.15, 0.2) is 35.3 Å². The number of hydrogen-bond donors (Lipinski definition) is 1. The summed E-state index contributed by atoms with van der Waals surface area (Å²) in [5.74, 6) is -0.100. The SMILES string of the molecule is Cn1nccc1C(=O)NC1CC=C(c2ccc3c(n2)n(C)c(=O)n3CC(C)(C)C)CC1. The van der Waals surface area contributed by atoms with Gasteiger partial charge in [-0.1, -0.05) is 26.8 Å². The lowest BCUT2D eigenvalue weighted by molar-refractivity contribution is 0.0925. The molecule has 164 valence electrons. The largest absolute Gasteiger partial charge is 0.348 e. The number of imidazole rings is 1. The normalized spacial score (nSPS) is 17.1. The second-order valence-corrected chi connectivity index (χ2v) is 9.54. The molecule has 0 spiro atoms. The van der Waals surface area contributed by atoms with Crippen LogP contribution in [-0.4, -0.2) is 35.8 Å². The smallest absolute Gasteiger partial charge is 0.330 e. The van der Waals surface area contributed by atoms with E-state index in [2.05, 4.69) is 37.3 Å². The van der Waals surface area contributed by atoms with Crippen molar-refractivity contribution >= 4 is 22.6 Å². The molecule has 0 radical (unpaired) electrons. The van der Waals surface area contributed by atoms with Gasteiger partial charge in [-0.2, -0.15) is 5.10 Å². The highest BCUT2D eigenvalue weighted by Gasteiger charge is 2.22. The maximum atomic E-state index is 12.7. The number of allylic oxidation sites excluding steroid dienone is 1. The van der Waals surface area contributed by atoms with Crippen molar-refractivity contribution in [3.05, 3.63) is 52.3 Å². The molecule has 1 aliphatic carbocycles.